The number of carbonyl (C=O) groups excluding carboxylic acids is 4. The molecule has 25 heavy (non-hydrogen) atoms. The Bertz CT molecular complexity index is 716. The Morgan fingerprint density at radius 2 is 1.68 bits per heavy atom. The largest absolute Gasteiger partial charge is 0.465 e. The summed E-state index contributed by atoms with van der Waals surface area (Å²) >= 11 is 0. The van der Waals surface area contributed by atoms with Crippen LogP contribution in [0.25, 0.3) is 0 Å². The lowest BCUT2D eigenvalue weighted by molar-refractivity contribution is -0.151. The lowest BCUT2D eigenvalue weighted by atomic mass is 9.60. The van der Waals surface area contributed by atoms with Crippen LogP contribution in [0, 0.1) is 11.8 Å². The first-order chi connectivity index (χ1) is 11.6. The number of esters is 1. The summed E-state index contributed by atoms with van der Waals surface area (Å²) in [4.78, 5) is 48.4. The van der Waals surface area contributed by atoms with Gasteiger partial charge in [0.15, 0.2) is 0 Å². The first-order valence-corrected chi connectivity index (χ1v) is 8.04. The summed E-state index contributed by atoms with van der Waals surface area (Å²) in [6, 6.07) is 6.22. The highest BCUT2D eigenvalue weighted by Gasteiger charge is 2.53. The number of aliphatic hydroxyl groups is 1. The monoisotopic (exact) mass is 346 g/mol. The second-order valence-corrected chi connectivity index (χ2v) is 6.82. The third-order valence-electron chi connectivity index (χ3n) is 4.86. The summed E-state index contributed by atoms with van der Waals surface area (Å²) in [5.74, 6) is -4.15. The van der Waals surface area contributed by atoms with E-state index in [1.54, 1.807) is 12.1 Å². The molecule has 4 atom stereocenters. The maximum absolute atomic E-state index is 12.5. The number of Topliss-reactive ketones (excluding diaryl/α,β-unsaturated/α-hetero) is 3. The van der Waals surface area contributed by atoms with Gasteiger partial charge in [-0.25, -0.2) is 4.79 Å². The second-order valence-electron chi connectivity index (χ2n) is 6.82. The van der Waals surface area contributed by atoms with Crippen LogP contribution in [0.2, 0.25) is 0 Å². The lowest BCUT2D eigenvalue weighted by Gasteiger charge is -2.44. The van der Waals surface area contributed by atoms with Gasteiger partial charge in [0, 0.05) is 12.3 Å². The molecule has 0 aromatic heterocycles. The molecule has 0 amide bonds. The molecule has 0 spiro atoms. The zero-order valence-corrected chi connectivity index (χ0v) is 14.7. The number of rotatable bonds is 4. The van der Waals surface area contributed by atoms with Gasteiger partial charge in [-0.1, -0.05) is 12.1 Å². The molecule has 1 aromatic rings. The van der Waals surface area contributed by atoms with E-state index in [1.165, 1.54) is 40.0 Å². The van der Waals surface area contributed by atoms with Crippen LogP contribution in [0.15, 0.2) is 24.3 Å². The summed E-state index contributed by atoms with van der Waals surface area (Å²) in [5.41, 5.74) is -0.652. The van der Waals surface area contributed by atoms with Crippen LogP contribution in [0.3, 0.4) is 0 Å². The first-order valence-electron chi connectivity index (χ1n) is 8.04. The van der Waals surface area contributed by atoms with Gasteiger partial charge in [0.2, 0.25) is 0 Å². The minimum Gasteiger partial charge on any atom is -0.465 e. The highest BCUT2D eigenvalue weighted by molar-refractivity contribution is 6.05. The van der Waals surface area contributed by atoms with Crippen molar-refractivity contribution >= 4 is 23.3 Å². The van der Waals surface area contributed by atoms with E-state index >= 15 is 0 Å². The Morgan fingerprint density at radius 1 is 1.12 bits per heavy atom. The third kappa shape index (κ3) is 3.54. The smallest absolute Gasteiger partial charge is 0.337 e. The maximum Gasteiger partial charge on any atom is 0.337 e. The first kappa shape index (κ1) is 19.0. The summed E-state index contributed by atoms with van der Waals surface area (Å²) in [6.07, 6.45) is -0.238. The summed E-state index contributed by atoms with van der Waals surface area (Å²) in [6.45, 7) is 4.11. The summed E-state index contributed by atoms with van der Waals surface area (Å²) in [7, 11) is 1.27. The quantitative estimate of drug-likeness (QED) is 0.658. The van der Waals surface area contributed by atoms with Crippen molar-refractivity contribution in [1.29, 1.82) is 0 Å². The van der Waals surface area contributed by atoms with Gasteiger partial charge < -0.3 is 9.84 Å². The second kappa shape index (κ2) is 6.88. The van der Waals surface area contributed by atoms with Crippen LogP contribution in [-0.2, 0) is 19.1 Å². The molecule has 1 aliphatic carbocycles. The average molecular weight is 346 g/mol. The molecule has 6 nitrogen and oxygen atoms in total. The van der Waals surface area contributed by atoms with Gasteiger partial charge >= 0.3 is 5.97 Å². The Kier molecular flexibility index (Phi) is 5.23. The van der Waals surface area contributed by atoms with Crippen LogP contribution >= 0.6 is 0 Å². The predicted octanol–water partition coefficient (Wildman–Crippen LogP) is 1.69. The van der Waals surface area contributed by atoms with Gasteiger partial charge in [-0.15, -0.1) is 0 Å². The number of hydrogen-bond donors (Lipinski definition) is 1. The molecular weight excluding hydrogens is 324 g/mol. The minimum absolute atomic E-state index is 0.238. The average Bonchev–Trinajstić information content (AvgIpc) is 2.51. The SMILES string of the molecule is COC(=O)c1ccc([C@@H]2[C@H](C(C)=O)C(=O)C[C@@](C)(O)[C@H]2C(C)=O)cc1. The van der Waals surface area contributed by atoms with Crippen molar-refractivity contribution in [3.05, 3.63) is 35.4 Å². The number of ketones is 3. The molecule has 1 saturated carbocycles. The topological polar surface area (TPSA) is 97.7 Å². The molecule has 134 valence electrons. The Labute approximate surface area is 146 Å². The molecule has 0 radical (unpaired) electrons. The highest BCUT2D eigenvalue weighted by Crippen LogP contribution is 2.46. The fourth-order valence-electron chi connectivity index (χ4n) is 3.87. The van der Waals surface area contributed by atoms with E-state index in [0.29, 0.717) is 11.1 Å². The number of carbonyl (C=O) groups is 4. The van der Waals surface area contributed by atoms with E-state index < -0.39 is 29.3 Å². The Balaban J connectivity index is 2.56. The third-order valence-corrected chi connectivity index (χ3v) is 4.86. The molecule has 0 bridgehead atoms. The molecular formula is C19H22O6. The fourth-order valence-corrected chi connectivity index (χ4v) is 3.87. The number of benzene rings is 1. The van der Waals surface area contributed by atoms with Crippen molar-refractivity contribution < 1.29 is 29.0 Å². The van der Waals surface area contributed by atoms with Crippen molar-refractivity contribution in [2.75, 3.05) is 7.11 Å². The van der Waals surface area contributed by atoms with Crippen molar-refractivity contribution in [2.45, 2.75) is 38.7 Å². The molecule has 0 unspecified atom stereocenters. The van der Waals surface area contributed by atoms with Crippen molar-refractivity contribution in [3.63, 3.8) is 0 Å². The fraction of sp³-hybridized carbons (Fsp3) is 0.474. The predicted molar refractivity (Wildman–Crippen MR) is 89.1 cm³/mol. The molecule has 0 aliphatic heterocycles. The molecule has 1 N–H and O–H groups in total. The van der Waals surface area contributed by atoms with E-state index in [2.05, 4.69) is 4.74 Å². The van der Waals surface area contributed by atoms with Crippen molar-refractivity contribution in [1.82, 2.24) is 0 Å². The van der Waals surface area contributed by atoms with Crippen LogP contribution in [-0.4, -0.2) is 41.1 Å². The molecule has 1 aliphatic rings. The maximum atomic E-state index is 12.5. The van der Waals surface area contributed by atoms with Crippen LogP contribution in [0.5, 0.6) is 0 Å². The van der Waals surface area contributed by atoms with E-state index in [1.807, 2.05) is 0 Å². The van der Waals surface area contributed by atoms with Crippen molar-refractivity contribution in [2.24, 2.45) is 11.8 Å². The highest BCUT2D eigenvalue weighted by atomic mass is 16.5. The molecule has 1 fully saturated rings. The number of methoxy groups -OCH3 is 1. The Hall–Kier alpha value is -2.34. The van der Waals surface area contributed by atoms with Crippen LogP contribution in [0.1, 0.15) is 49.0 Å². The van der Waals surface area contributed by atoms with Gasteiger partial charge in [0.05, 0.1) is 30.1 Å². The standard InChI is InChI=1S/C19H22O6/c1-10(20)15-14(22)9-19(3,24)17(11(2)21)16(15)12-5-7-13(8-6-12)18(23)25-4/h5-8,15-17,24H,9H2,1-4H3/t15-,16-,17+,19-/m1/s1. The minimum atomic E-state index is -1.53. The number of hydrogen-bond acceptors (Lipinski definition) is 6. The normalized spacial score (nSPS) is 29.2. The van der Waals surface area contributed by atoms with Gasteiger partial charge in [0.1, 0.15) is 17.3 Å². The van der Waals surface area contributed by atoms with Crippen LogP contribution < -0.4 is 0 Å². The molecule has 1 aromatic carbocycles. The Morgan fingerprint density at radius 3 is 2.12 bits per heavy atom. The van der Waals surface area contributed by atoms with E-state index in [0.717, 1.165) is 0 Å². The van der Waals surface area contributed by atoms with E-state index in [4.69, 9.17) is 0 Å². The lowest BCUT2D eigenvalue weighted by Crippen LogP contribution is -2.53. The molecule has 2 rings (SSSR count). The zero-order chi connectivity index (χ0) is 18.9. The summed E-state index contributed by atoms with van der Waals surface area (Å²) in [5, 5.41) is 10.7. The van der Waals surface area contributed by atoms with Crippen molar-refractivity contribution in [3.8, 4) is 0 Å². The summed E-state index contributed by atoms with van der Waals surface area (Å²) < 4.78 is 4.65. The zero-order valence-electron chi connectivity index (χ0n) is 14.7. The van der Waals surface area contributed by atoms with Gasteiger partial charge in [-0.05, 0) is 38.5 Å². The number of ether oxygens (including phenoxy) is 1. The van der Waals surface area contributed by atoms with Gasteiger partial charge in [0.25, 0.3) is 0 Å². The molecule has 0 heterocycles. The van der Waals surface area contributed by atoms with Gasteiger partial charge in [-0.3, -0.25) is 14.4 Å². The van der Waals surface area contributed by atoms with Gasteiger partial charge in [-0.2, -0.15) is 0 Å². The molecule has 0 saturated heterocycles. The van der Waals surface area contributed by atoms with E-state index in [-0.39, 0.29) is 23.8 Å². The molecule has 6 heteroatoms. The van der Waals surface area contributed by atoms with Crippen LogP contribution in [0.4, 0.5) is 0 Å². The van der Waals surface area contributed by atoms with E-state index in [9.17, 15) is 24.3 Å².